The van der Waals surface area contributed by atoms with Crippen LogP contribution in [0.5, 0.6) is 11.5 Å². The number of methoxy groups -OCH3 is 1. The maximum Gasteiger partial charge on any atom is 0.254 e. The third kappa shape index (κ3) is 5.61. The van der Waals surface area contributed by atoms with Crippen LogP contribution >= 0.6 is 11.6 Å². The van der Waals surface area contributed by atoms with E-state index in [9.17, 15) is 4.79 Å². The molecular weight excluding hydrogens is 390 g/mol. The highest BCUT2D eigenvalue weighted by Gasteiger charge is 2.24. The number of hydrogen-bond donors (Lipinski definition) is 0. The Kier molecular flexibility index (Phi) is 7.34. The van der Waals surface area contributed by atoms with Crippen molar-refractivity contribution in [3.05, 3.63) is 52.8 Å². The molecule has 0 bridgehead atoms. The van der Waals surface area contributed by atoms with Crippen LogP contribution in [0, 0.1) is 5.92 Å². The van der Waals surface area contributed by atoms with Gasteiger partial charge in [-0.2, -0.15) is 0 Å². The molecule has 1 aliphatic heterocycles. The number of aromatic nitrogens is 1. The maximum atomic E-state index is 13.0. The molecule has 0 radical (unpaired) electrons. The van der Waals surface area contributed by atoms with Gasteiger partial charge in [0.05, 0.1) is 24.4 Å². The summed E-state index contributed by atoms with van der Waals surface area (Å²) >= 11 is 6.40. The summed E-state index contributed by atoms with van der Waals surface area (Å²) in [6.45, 7) is 8.39. The van der Waals surface area contributed by atoms with Crippen molar-refractivity contribution in [1.29, 1.82) is 0 Å². The Morgan fingerprint density at radius 1 is 1.21 bits per heavy atom. The van der Waals surface area contributed by atoms with E-state index in [1.807, 2.05) is 23.1 Å². The molecule has 1 fully saturated rings. The monoisotopic (exact) mass is 417 g/mol. The largest absolute Gasteiger partial charge is 0.493 e. The molecule has 0 aliphatic carbocycles. The molecule has 7 heteroatoms. The standard InChI is InChI=1S/C22H28ClN3O3/c1-16(2)15-29-21-19(23)12-17(13-20(21)28-3)22(27)26-10-8-25(9-11-26)14-18-6-4-5-7-24-18/h4-7,12-13,16H,8-11,14-15H2,1-3H3. The van der Waals surface area contributed by atoms with Crippen LogP contribution in [0.3, 0.4) is 0 Å². The van der Waals surface area contributed by atoms with E-state index in [1.54, 1.807) is 25.4 Å². The number of carbonyl (C=O) groups excluding carboxylic acids is 1. The first-order valence-corrected chi connectivity index (χ1v) is 10.3. The number of rotatable bonds is 7. The Bertz CT molecular complexity index is 822. The van der Waals surface area contributed by atoms with Gasteiger partial charge in [-0.1, -0.05) is 31.5 Å². The molecule has 6 nitrogen and oxygen atoms in total. The first-order chi connectivity index (χ1) is 14.0. The maximum absolute atomic E-state index is 13.0. The summed E-state index contributed by atoms with van der Waals surface area (Å²) in [5, 5.41) is 0.391. The molecule has 1 aromatic carbocycles. The molecule has 1 saturated heterocycles. The average Bonchev–Trinajstić information content (AvgIpc) is 2.73. The van der Waals surface area contributed by atoms with Crippen LogP contribution in [-0.4, -0.2) is 60.6 Å². The molecule has 0 saturated carbocycles. The first kappa shape index (κ1) is 21.4. The van der Waals surface area contributed by atoms with Crippen molar-refractivity contribution in [1.82, 2.24) is 14.8 Å². The zero-order chi connectivity index (χ0) is 20.8. The average molecular weight is 418 g/mol. The topological polar surface area (TPSA) is 54.9 Å². The van der Waals surface area contributed by atoms with E-state index in [2.05, 4.69) is 23.7 Å². The number of pyridine rings is 1. The van der Waals surface area contributed by atoms with E-state index >= 15 is 0 Å². The lowest BCUT2D eigenvalue weighted by Crippen LogP contribution is -2.48. The highest BCUT2D eigenvalue weighted by Crippen LogP contribution is 2.37. The Hall–Kier alpha value is -2.31. The van der Waals surface area contributed by atoms with Crippen molar-refractivity contribution < 1.29 is 14.3 Å². The quantitative estimate of drug-likeness (QED) is 0.687. The van der Waals surface area contributed by atoms with Crippen LogP contribution in [0.25, 0.3) is 0 Å². The molecule has 156 valence electrons. The van der Waals surface area contributed by atoms with E-state index in [0.29, 0.717) is 47.7 Å². The Morgan fingerprint density at radius 3 is 2.59 bits per heavy atom. The van der Waals surface area contributed by atoms with Gasteiger partial charge < -0.3 is 14.4 Å². The smallest absolute Gasteiger partial charge is 0.254 e. The minimum absolute atomic E-state index is 0.0434. The number of carbonyl (C=O) groups is 1. The normalized spacial score (nSPS) is 14.9. The van der Waals surface area contributed by atoms with E-state index in [1.165, 1.54) is 0 Å². The van der Waals surface area contributed by atoms with E-state index in [-0.39, 0.29) is 5.91 Å². The zero-order valence-corrected chi connectivity index (χ0v) is 18.0. The SMILES string of the molecule is COc1cc(C(=O)N2CCN(Cc3ccccn3)CC2)cc(Cl)c1OCC(C)C. The lowest BCUT2D eigenvalue weighted by molar-refractivity contribution is 0.0626. The number of ether oxygens (including phenoxy) is 2. The van der Waals surface area contributed by atoms with Crippen molar-refractivity contribution in [2.24, 2.45) is 5.92 Å². The number of nitrogens with zero attached hydrogens (tertiary/aromatic N) is 3. The lowest BCUT2D eigenvalue weighted by atomic mass is 10.1. The van der Waals surface area contributed by atoms with Gasteiger partial charge in [0.1, 0.15) is 0 Å². The second kappa shape index (κ2) is 9.94. The molecule has 1 aliphatic rings. The summed E-state index contributed by atoms with van der Waals surface area (Å²) in [5.74, 6) is 1.28. The van der Waals surface area contributed by atoms with Crippen molar-refractivity contribution in [2.75, 3.05) is 39.9 Å². The summed E-state index contributed by atoms with van der Waals surface area (Å²) < 4.78 is 11.2. The van der Waals surface area contributed by atoms with Gasteiger partial charge in [-0.25, -0.2) is 0 Å². The van der Waals surface area contributed by atoms with Crippen molar-refractivity contribution in [3.63, 3.8) is 0 Å². The summed E-state index contributed by atoms with van der Waals surface area (Å²) in [4.78, 5) is 21.5. The van der Waals surface area contributed by atoms with Gasteiger partial charge in [-0.05, 0) is 30.2 Å². The molecule has 2 heterocycles. The van der Waals surface area contributed by atoms with Crippen LogP contribution in [0.15, 0.2) is 36.5 Å². The van der Waals surface area contributed by atoms with Crippen molar-refractivity contribution in [2.45, 2.75) is 20.4 Å². The predicted molar refractivity (Wildman–Crippen MR) is 114 cm³/mol. The second-order valence-corrected chi connectivity index (χ2v) is 7.99. The third-order valence-corrected chi connectivity index (χ3v) is 5.09. The molecular formula is C22H28ClN3O3. The van der Waals surface area contributed by atoms with Gasteiger partial charge in [0.2, 0.25) is 0 Å². The van der Waals surface area contributed by atoms with Gasteiger partial charge in [0, 0.05) is 44.5 Å². The van der Waals surface area contributed by atoms with Crippen LogP contribution in [0.4, 0.5) is 0 Å². The van der Waals surface area contributed by atoms with Crippen LogP contribution < -0.4 is 9.47 Å². The molecule has 1 amide bonds. The summed E-state index contributed by atoms with van der Waals surface area (Å²) in [5.41, 5.74) is 1.56. The van der Waals surface area contributed by atoms with Crippen LogP contribution in [-0.2, 0) is 6.54 Å². The van der Waals surface area contributed by atoms with Crippen molar-refractivity contribution >= 4 is 17.5 Å². The highest BCUT2D eigenvalue weighted by atomic mass is 35.5. The number of amides is 1. The lowest BCUT2D eigenvalue weighted by Gasteiger charge is -2.34. The van der Waals surface area contributed by atoms with E-state index in [4.69, 9.17) is 21.1 Å². The van der Waals surface area contributed by atoms with Gasteiger partial charge in [0.15, 0.2) is 11.5 Å². The van der Waals surface area contributed by atoms with E-state index in [0.717, 1.165) is 25.3 Å². The summed E-state index contributed by atoms with van der Waals surface area (Å²) in [6, 6.07) is 9.31. The van der Waals surface area contributed by atoms with Crippen molar-refractivity contribution in [3.8, 4) is 11.5 Å². The number of halogens is 1. The number of hydrogen-bond acceptors (Lipinski definition) is 5. The number of benzene rings is 1. The Labute approximate surface area is 177 Å². The molecule has 2 aromatic rings. The zero-order valence-electron chi connectivity index (χ0n) is 17.2. The van der Waals surface area contributed by atoms with Gasteiger partial charge >= 0.3 is 0 Å². The molecule has 29 heavy (non-hydrogen) atoms. The molecule has 0 spiro atoms. The first-order valence-electron chi connectivity index (χ1n) is 9.89. The van der Waals surface area contributed by atoms with Crippen LogP contribution in [0.1, 0.15) is 29.9 Å². The second-order valence-electron chi connectivity index (χ2n) is 7.58. The van der Waals surface area contributed by atoms with Gasteiger partial charge in [-0.3, -0.25) is 14.7 Å². The minimum atomic E-state index is -0.0434. The molecule has 1 aromatic heterocycles. The van der Waals surface area contributed by atoms with Gasteiger partial charge in [0.25, 0.3) is 5.91 Å². The third-order valence-electron chi connectivity index (χ3n) is 4.81. The minimum Gasteiger partial charge on any atom is -0.493 e. The molecule has 3 rings (SSSR count). The molecule has 0 atom stereocenters. The highest BCUT2D eigenvalue weighted by molar-refractivity contribution is 6.32. The summed E-state index contributed by atoms with van der Waals surface area (Å²) in [7, 11) is 1.55. The Morgan fingerprint density at radius 2 is 1.97 bits per heavy atom. The fourth-order valence-electron chi connectivity index (χ4n) is 3.25. The van der Waals surface area contributed by atoms with Gasteiger partial charge in [-0.15, -0.1) is 0 Å². The Balaban J connectivity index is 1.64. The molecule has 0 N–H and O–H groups in total. The fraction of sp³-hybridized carbons (Fsp3) is 0.455. The summed E-state index contributed by atoms with van der Waals surface area (Å²) in [6.07, 6.45) is 1.81. The van der Waals surface area contributed by atoms with Crippen LogP contribution in [0.2, 0.25) is 5.02 Å². The molecule has 0 unspecified atom stereocenters. The predicted octanol–water partition coefficient (Wildman–Crippen LogP) is 3.74. The van der Waals surface area contributed by atoms with E-state index < -0.39 is 0 Å². The number of piperazine rings is 1. The fourth-order valence-corrected chi connectivity index (χ4v) is 3.51.